The van der Waals surface area contributed by atoms with Gasteiger partial charge in [0.1, 0.15) is 0 Å². The van der Waals surface area contributed by atoms with Crippen LogP contribution >= 0.6 is 47.8 Å². The van der Waals surface area contributed by atoms with Crippen LogP contribution in [0, 0.1) is 0 Å². The minimum atomic E-state index is -0.372. The van der Waals surface area contributed by atoms with Crippen LogP contribution in [0.5, 0.6) is 0 Å². The van der Waals surface area contributed by atoms with Gasteiger partial charge in [-0.1, -0.05) is 102 Å². The van der Waals surface area contributed by atoms with E-state index in [4.69, 9.17) is 0 Å². The lowest BCUT2D eigenvalue weighted by Crippen LogP contribution is -2.34. The van der Waals surface area contributed by atoms with Crippen LogP contribution < -0.4 is 0 Å². The Bertz CT molecular complexity index is 647. The molecule has 0 spiro atoms. The van der Waals surface area contributed by atoms with Crippen LogP contribution in [-0.2, 0) is 6.54 Å². The van der Waals surface area contributed by atoms with Gasteiger partial charge in [0.25, 0.3) is 0 Å². The summed E-state index contributed by atoms with van der Waals surface area (Å²) < 4.78 is -0.372. The minimum Gasteiger partial charge on any atom is -0.363 e. The first-order chi connectivity index (χ1) is 10.1. The van der Waals surface area contributed by atoms with Gasteiger partial charge in [0.2, 0.25) is 0 Å². The molecular weight excluding hydrogens is 458 g/mol. The molecule has 0 N–H and O–H groups in total. The maximum Gasteiger partial charge on any atom is 0.159 e. The second-order valence-electron chi connectivity index (χ2n) is 5.05. The van der Waals surface area contributed by atoms with E-state index in [0.29, 0.717) is 0 Å². The maximum absolute atomic E-state index is 3.72. The molecule has 1 aliphatic heterocycles. The summed E-state index contributed by atoms with van der Waals surface area (Å²) in [5.74, 6) is 0. The van der Waals surface area contributed by atoms with Crippen LogP contribution in [0.15, 0.2) is 60.8 Å². The molecule has 0 fully saturated rings. The Hall–Kier alpha value is -0.580. The molecule has 1 nitrogen and oxygen atoms in total. The number of nitrogens with zero attached hydrogens (tertiary/aromatic N) is 1. The third kappa shape index (κ3) is 3.43. The second-order valence-corrected chi connectivity index (χ2v) is 12.0. The molecule has 0 aliphatic carbocycles. The van der Waals surface area contributed by atoms with Gasteiger partial charge in [-0.25, -0.2) is 0 Å². The summed E-state index contributed by atoms with van der Waals surface area (Å²) in [5, 5.41) is 0. The van der Waals surface area contributed by atoms with E-state index in [2.05, 4.69) is 113 Å². The lowest BCUT2D eigenvalue weighted by atomic mass is 9.97. The van der Waals surface area contributed by atoms with E-state index in [1.807, 2.05) is 6.07 Å². The summed E-state index contributed by atoms with van der Waals surface area (Å²) in [6.45, 7) is 0.862. The number of benzene rings is 2. The van der Waals surface area contributed by atoms with Crippen molar-refractivity contribution in [2.45, 2.75) is 14.7 Å². The molecule has 0 amide bonds. The quantitative estimate of drug-likeness (QED) is 0.482. The van der Waals surface area contributed by atoms with E-state index in [1.165, 1.54) is 16.7 Å². The summed E-state index contributed by atoms with van der Waals surface area (Å²) >= 11 is 11.2. The summed E-state index contributed by atoms with van der Waals surface area (Å²) in [4.78, 5) is 2.33. The van der Waals surface area contributed by atoms with Crippen molar-refractivity contribution in [3.8, 4) is 0 Å². The highest BCUT2D eigenvalue weighted by atomic mass is 80.0. The van der Waals surface area contributed by atoms with Crippen LogP contribution in [-0.4, -0.2) is 7.04 Å². The first-order valence-electron chi connectivity index (χ1n) is 6.69. The molecule has 0 aromatic heterocycles. The molecular formula is C17H14Br3N. The molecule has 2 aromatic carbocycles. The lowest BCUT2D eigenvalue weighted by molar-refractivity contribution is 0.282. The molecule has 2 aromatic rings. The average Bonchev–Trinajstić information content (AvgIpc) is 2.47. The number of hydrogen-bond acceptors (Lipinski definition) is 1. The van der Waals surface area contributed by atoms with Crippen molar-refractivity contribution in [3.63, 3.8) is 0 Å². The largest absolute Gasteiger partial charge is 0.363 e. The van der Waals surface area contributed by atoms with Crippen LogP contribution in [0.4, 0.5) is 0 Å². The van der Waals surface area contributed by atoms with Crippen molar-refractivity contribution in [2.24, 2.45) is 0 Å². The predicted molar refractivity (Wildman–Crippen MR) is 99.7 cm³/mol. The fourth-order valence-corrected chi connectivity index (χ4v) is 4.18. The molecule has 1 atom stereocenters. The Labute approximate surface area is 150 Å². The first-order valence-corrected chi connectivity index (χ1v) is 9.07. The Morgan fingerprint density at radius 3 is 2.29 bits per heavy atom. The van der Waals surface area contributed by atoms with Crippen LogP contribution in [0.25, 0.3) is 6.08 Å². The van der Waals surface area contributed by atoms with Crippen molar-refractivity contribution in [2.75, 3.05) is 0 Å². The van der Waals surface area contributed by atoms with Crippen molar-refractivity contribution < 1.29 is 0 Å². The van der Waals surface area contributed by atoms with Gasteiger partial charge in [0, 0.05) is 12.7 Å². The summed E-state index contributed by atoms with van der Waals surface area (Å²) in [5.41, 5.74) is 3.85. The van der Waals surface area contributed by atoms with Crippen LogP contribution in [0.1, 0.15) is 22.7 Å². The highest BCUT2D eigenvalue weighted by Gasteiger charge is 2.38. The summed E-state index contributed by atoms with van der Waals surface area (Å²) in [7, 11) is 0. The topological polar surface area (TPSA) is 3.24 Å². The lowest BCUT2D eigenvalue weighted by Gasteiger charge is -2.39. The summed E-state index contributed by atoms with van der Waals surface area (Å²) in [6.07, 6.45) is 4.34. The molecule has 21 heavy (non-hydrogen) atoms. The SMILES string of the molecule is BrC(Br)(Br)C1c2ccccc2C=CN1Cc1ccccc1. The van der Waals surface area contributed by atoms with E-state index < -0.39 is 0 Å². The molecule has 0 saturated carbocycles. The molecule has 1 aliphatic rings. The number of alkyl halides is 3. The maximum atomic E-state index is 3.72. The van der Waals surface area contributed by atoms with Gasteiger partial charge in [0.05, 0.1) is 6.04 Å². The van der Waals surface area contributed by atoms with E-state index in [-0.39, 0.29) is 8.18 Å². The normalized spacial score (nSPS) is 17.7. The molecule has 0 saturated heterocycles. The highest BCUT2D eigenvalue weighted by Crippen LogP contribution is 2.51. The first kappa shape index (κ1) is 15.3. The van der Waals surface area contributed by atoms with Gasteiger partial charge in [-0.2, -0.15) is 0 Å². The van der Waals surface area contributed by atoms with Crippen LogP contribution in [0.3, 0.4) is 0 Å². The van der Waals surface area contributed by atoms with Gasteiger partial charge in [-0.05, 0) is 22.8 Å². The Balaban J connectivity index is 1.97. The van der Waals surface area contributed by atoms with Crippen molar-refractivity contribution in [1.29, 1.82) is 0 Å². The molecule has 4 heteroatoms. The third-order valence-electron chi connectivity index (χ3n) is 3.59. The molecule has 1 unspecified atom stereocenters. The van der Waals surface area contributed by atoms with Gasteiger partial charge in [0.15, 0.2) is 2.14 Å². The van der Waals surface area contributed by atoms with E-state index in [1.54, 1.807) is 0 Å². The van der Waals surface area contributed by atoms with Crippen molar-refractivity contribution in [1.82, 2.24) is 4.90 Å². The molecule has 3 rings (SSSR count). The van der Waals surface area contributed by atoms with E-state index >= 15 is 0 Å². The number of hydrogen-bond donors (Lipinski definition) is 0. The fraction of sp³-hybridized carbons (Fsp3) is 0.176. The second kappa shape index (κ2) is 6.27. The third-order valence-corrected chi connectivity index (χ3v) is 4.89. The molecule has 0 bridgehead atoms. The van der Waals surface area contributed by atoms with Gasteiger partial charge < -0.3 is 4.90 Å². The molecule has 108 valence electrons. The zero-order chi connectivity index (χ0) is 14.9. The number of rotatable bonds is 2. The van der Waals surface area contributed by atoms with E-state index in [0.717, 1.165) is 6.54 Å². The highest BCUT2D eigenvalue weighted by molar-refractivity contribution is 9.39. The van der Waals surface area contributed by atoms with Crippen molar-refractivity contribution >= 4 is 53.9 Å². The molecule has 1 heterocycles. The van der Waals surface area contributed by atoms with Crippen molar-refractivity contribution in [3.05, 3.63) is 77.5 Å². The average molecular weight is 472 g/mol. The smallest absolute Gasteiger partial charge is 0.159 e. The number of halogens is 3. The zero-order valence-corrected chi connectivity index (χ0v) is 16.0. The Kier molecular flexibility index (Phi) is 4.57. The standard InChI is InChI=1S/C17H14Br3N/c18-17(19,20)16-15-9-5-4-8-14(15)10-11-21(16)12-13-6-2-1-3-7-13/h1-11,16H,12H2. The van der Waals surface area contributed by atoms with E-state index in [9.17, 15) is 0 Å². The number of fused-ring (bicyclic) bond motifs is 1. The fourth-order valence-electron chi connectivity index (χ4n) is 2.66. The zero-order valence-electron chi connectivity index (χ0n) is 11.2. The summed E-state index contributed by atoms with van der Waals surface area (Å²) in [6, 6.07) is 19.2. The van der Waals surface area contributed by atoms with Crippen LogP contribution in [0.2, 0.25) is 0 Å². The van der Waals surface area contributed by atoms with Gasteiger partial charge in [-0.3, -0.25) is 0 Å². The molecule has 0 radical (unpaired) electrons. The predicted octanol–water partition coefficient (Wildman–Crippen LogP) is 6.05. The monoisotopic (exact) mass is 469 g/mol. The Morgan fingerprint density at radius 1 is 0.905 bits per heavy atom. The minimum absolute atomic E-state index is 0.152. The van der Waals surface area contributed by atoms with Gasteiger partial charge in [-0.15, -0.1) is 0 Å². The van der Waals surface area contributed by atoms with Gasteiger partial charge >= 0.3 is 0 Å². The Morgan fingerprint density at radius 2 is 1.57 bits per heavy atom.